The largest absolute Gasteiger partial charge is 0.396 e. The van der Waals surface area contributed by atoms with Crippen LogP contribution in [0.15, 0.2) is 17.5 Å². The molecular formula is C12H18O2S. The molecule has 0 radical (unpaired) electrons. The van der Waals surface area contributed by atoms with Crippen LogP contribution in [0.4, 0.5) is 0 Å². The lowest BCUT2D eigenvalue weighted by atomic mass is 9.77. The normalized spacial score (nSPS) is 20.3. The highest BCUT2D eigenvalue weighted by molar-refractivity contribution is 7.09. The summed E-state index contributed by atoms with van der Waals surface area (Å²) >= 11 is 1.81. The molecule has 2 heterocycles. The predicted octanol–water partition coefficient (Wildman–Crippen LogP) is 2.47. The fourth-order valence-electron chi connectivity index (χ4n) is 2.13. The van der Waals surface area contributed by atoms with Crippen LogP contribution in [0.1, 0.15) is 24.1 Å². The maximum absolute atomic E-state index is 9.52. The molecule has 0 saturated carbocycles. The number of aliphatic hydroxyl groups excluding tert-OH is 1. The van der Waals surface area contributed by atoms with Gasteiger partial charge in [0.1, 0.15) is 0 Å². The number of ether oxygens (including phenoxy) is 1. The second kappa shape index (κ2) is 5.10. The van der Waals surface area contributed by atoms with Crippen LogP contribution in [-0.4, -0.2) is 24.9 Å². The van der Waals surface area contributed by atoms with E-state index in [9.17, 15) is 5.11 Å². The number of aliphatic hydroxyl groups is 1. The standard InChI is InChI=1S/C12H18O2S/c13-10-12(5-7-14-8-6-12)4-3-11-2-1-9-15-11/h1-2,9,13H,3-8,10H2. The monoisotopic (exact) mass is 226 g/mol. The first-order chi connectivity index (χ1) is 7.35. The smallest absolute Gasteiger partial charge is 0.0489 e. The summed E-state index contributed by atoms with van der Waals surface area (Å²) in [4.78, 5) is 1.43. The Morgan fingerprint density at radius 3 is 2.80 bits per heavy atom. The fraction of sp³-hybridized carbons (Fsp3) is 0.667. The zero-order valence-corrected chi connectivity index (χ0v) is 9.76. The van der Waals surface area contributed by atoms with Crippen molar-refractivity contribution in [2.24, 2.45) is 5.41 Å². The van der Waals surface area contributed by atoms with Crippen molar-refractivity contribution < 1.29 is 9.84 Å². The highest BCUT2D eigenvalue weighted by Crippen LogP contribution is 2.35. The molecule has 1 fully saturated rings. The maximum atomic E-state index is 9.52. The Hall–Kier alpha value is -0.380. The van der Waals surface area contributed by atoms with E-state index in [2.05, 4.69) is 17.5 Å². The van der Waals surface area contributed by atoms with Gasteiger partial charge in [-0.2, -0.15) is 0 Å². The van der Waals surface area contributed by atoms with Crippen LogP contribution in [0.5, 0.6) is 0 Å². The number of aryl methyl sites for hydroxylation is 1. The molecule has 0 spiro atoms. The van der Waals surface area contributed by atoms with E-state index in [1.165, 1.54) is 4.88 Å². The van der Waals surface area contributed by atoms with Gasteiger partial charge in [-0.15, -0.1) is 11.3 Å². The summed E-state index contributed by atoms with van der Waals surface area (Å²) < 4.78 is 5.36. The highest BCUT2D eigenvalue weighted by Gasteiger charge is 2.31. The minimum atomic E-state index is 0.127. The third kappa shape index (κ3) is 2.80. The van der Waals surface area contributed by atoms with Gasteiger partial charge in [0.15, 0.2) is 0 Å². The van der Waals surface area contributed by atoms with Gasteiger partial charge in [-0.3, -0.25) is 0 Å². The van der Waals surface area contributed by atoms with Crippen LogP contribution < -0.4 is 0 Å². The molecule has 3 heteroatoms. The first kappa shape index (κ1) is 11.1. The minimum absolute atomic E-state index is 0.127. The zero-order chi connectivity index (χ0) is 10.6. The van der Waals surface area contributed by atoms with E-state index < -0.39 is 0 Å². The van der Waals surface area contributed by atoms with E-state index in [1.54, 1.807) is 0 Å². The summed E-state index contributed by atoms with van der Waals surface area (Å²) in [5.41, 5.74) is 0.127. The summed E-state index contributed by atoms with van der Waals surface area (Å²) in [6.45, 7) is 1.93. The molecule has 1 N–H and O–H groups in total. The Kier molecular flexibility index (Phi) is 3.78. The molecule has 2 nitrogen and oxygen atoms in total. The van der Waals surface area contributed by atoms with Crippen LogP contribution in [0.2, 0.25) is 0 Å². The van der Waals surface area contributed by atoms with E-state index in [-0.39, 0.29) is 5.41 Å². The van der Waals surface area contributed by atoms with Crippen molar-refractivity contribution in [3.63, 3.8) is 0 Å². The number of thiophene rings is 1. The molecule has 0 aliphatic carbocycles. The Bertz CT molecular complexity index is 276. The molecular weight excluding hydrogens is 208 g/mol. The van der Waals surface area contributed by atoms with Gasteiger partial charge in [-0.25, -0.2) is 0 Å². The van der Waals surface area contributed by atoms with Gasteiger partial charge in [-0.05, 0) is 42.5 Å². The summed E-state index contributed by atoms with van der Waals surface area (Å²) in [6.07, 6.45) is 4.20. The molecule has 84 valence electrons. The minimum Gasteiger partial charge on any atom is -0.396 e. The molecule has 0 amide bonds. The first-order valence-electron chi connectivity index (χ1n) is 5.56. The van der Waals surface area contributed by atoms with Crippen molar-refractivity contribution in [1.82, 2.24) is 0 Å². The van der Waals surface area contributed by atoms with Gasteiger partial charge in [0.05, 0.1) is 0 Å². The summed E-state index contributed by atoms with van der Waals surface area (Å²) in [5.74, 6) is 0. The van der Waals surface area contributed by atoms with Crippen molar-refractivity contribution in [3.05, 3.63) is 22.4 Å². The van der Waals surface area contributed by atoms with E-state index in [0.717, 1.165) is 38.9 Å². The SMILES string of the molecule is OCC1(CCc2cccs2)CCOCC1. The van der Waals surface area contributed by atoms with Crippen molar-refractivity contribution in [2.45, 2.75) is 25.7 Å². The van der Waals surface area contributed by atoms with Gasteiger partial charge in [0.25, 0.3) is 0 Å². The molecule has 1 aromatic rings. The van der Waals surface area contributed by atoms with Crippen LogP contribution in [0.25, 0.3) is 0 Å². The molecule has 0 atom stereocenters. The molecule has 0 bridgehead atoms. The van der Waals surface area contributed by atoms with Crippen molar-refractivity contribution in [3.8, 4) is 0 Å². The highest BCUT2D eigenvalue weighted by atomic mass is 32.1. The quantitative estimate of drug-likeness (QED) is 0.854. The Labute approximate surface area is 94.9 Å². The van der Waals surface area contributed by atoms with Crippen LogP contribution in [0.3, 0.4) is 0 Å². The van der Waals surface area contributed by atoms with Crippen molar-refractivity contribution in [2.75, 3.05) is 19.8 Å². The van der Waals surface area contributed by atoms with Crippen LogP contribution >= 0.6 is 11.3 Å². The van der Waals surface area contributed by atoms with Crippen molar-refractivity contribution in [1.29, 1.82) is 0 Å². The summed E-state index contributed by atoms with van der Waals surface area (Å²) in [6, 6.07) is 4.27. The van der Waals surface area contributed by atoms with Gasteiger partial charge >= 0.3 is 0 Å². The summed E-state index contributed by atoms with van der Waals surface area (Å²) in [7, 11) is 0. The second-order valence-electron chi connectivity index (χ2n) is 4.35. The molecule has 1 saturated heterocycles. The third-order valence-electron chi connectivity index (χ3n) is 3.37. The van der Waals surface area contributed by atoms with E-state index in [0.29, 0.717) is 6.61 Å². The number of hydrogen-bond donors (Lipinski definition) is 1. The Morgan fingerprint density at radius 1 is 1.40 bits per heavy atom. The lowest BCUT2D eigenvalue weighted by molar-refractivity contribution is -0.0203. The Morgan fingerprint density at radius 2 is 2.20 bits per heavy atom. The number of rotatable bonds is 4. The van der Waals surface area contributed by atoms with E-state index in [4.69, 9.17) is 4.74 Å². The van der Waals surface area contributed by atoms with Gasteiger partial charge < -0.3 is 9.84 Å². The molecule has 1 aliphatic rings. The summed E-state index contributed by atoms with van der Waals surface area (Å²) in [5, 5.41) is 11.6. The predicted molar refractivity (Wildman–Crippen MR) is 62.2 cm³/mol. The molecule has 0 aromatic carbocycles. The van der Waals surface area contributed by atoms with Crippen LogP contribution in [-0.2, 0) is 11.2 Å². The van der Waals surface area contributed by atoms with Crippen molar-refractivity contribution >= 4 is 11.3 Å². The topological polar surface area (TPSA) is 29.5 Å². The van der Waals surface area contributed by atoms with Gasteiger partial charge in [-0.1, -0.05) is 6.07 Å². The van der Waals surface area contributed by atoms with E-state index in [1.807, 2.05) is 11.3 Å². The second-order valence-corrected chi connectivity index (χ2v) is 5.38. The molecule has 1 aromatic heterocycles. The molecule has 1 aliphatic heterocycles. The van der Waals surface area contributed by atoms with Gasteiger partial charge in [0.2, 0.25) is 0 Å². The average molecular weight is 226 g/mol. The average Bonchev–Trinajstić information content (AvgIpc) is 2.81. The molecule has 0 unspecified atom stereocenters. The molecule has 2 rings (SSSR count). The zero-order valence-electron chi connectivity index (χ0n) is 8.95. The number of hydrogen-bond acceptors (Lipinski definition) is 3. The Balaban J connectivity index is 1.89. The first-order valence-corrected chi connectivity index (χ1v) is 6.44. The van der Waals surface area contributed by atoms with Gasteiger partial charge in [0, 0.05) is 24.7 Å². The van der Waals surface area contributed by atoms with Crippen LogP contribution in [0, 0.1) is 5.41 Å². The third-order valence-corrected chi connectivity index (χ3v) is 4.31. The lowest BCUT2D eigenvalue weighted by Gasteiger charge is -2.35. The fourth-order valence-corrected chi connectivity index (χ4v) is 2.84. The molecule has 15 heavy (non-hydrogen) atoms. The van der Waals surface area contributed by atoms with E-state index >= 15 is 0 Å². The maximum Gasteiger partial charge on any atom is 0.0489 e. The lowest BCUT2D eigenvalue weighted by Crippen LogP contribution is -2.33.